The van der Waals surface area contributed by atoms with Gasteiger partial charge in [0, 0.05) is 0 Å². The largest absolute Gasteiger partial charge is 0.394 e. The molecule has 0 aromatic rings. The fraction of sp³-hybridized carbons (Fsp3) is 0.918. The maximum atomic E-state index is 12.6. The second-order valence-electron chi connectivity index (χ2n) is 21.0. The van der Waals surface area contributed by atoms with Crippen LogP contribution in [-0.4, -0.2) is 57.3 Å². The lowest BCUT2D eigenvalue weighted by atomic mass is 10.00. The average molecular weight is 947 g/mol. The van der Waals surface area contributed by atoms with E-state index in [1.54, 1.807) is 0 Å². The van der Waals surface area contributed by atoms with E-state index in [-0.39, 0.29) is 0 Å². The quantitative estimate of drug-likeness (QED) is 0.0308. The Hall–Kier alpha value is -1.21. The van der Waals surface area contributed by atoms with E-state index in [1.165, 1.54) is 257 Å². The summed E-state index contributed by atoms with van der Waals surface area (Å²) in [5.74, 6) is -0.592. The summed E-state index contributed by atoms with van der Waals surface area (Å²) >= 11 is 0. The van der Waals surface area contributed by atoms with Crippen molar-refractivity contribution in [1.29, 1.82) is 0 Å². The lowest BCUT2D eigenvalue weighted by Crippen LogP contribution is -2.53. The standard InChI is InChI=1S/C61H119NO5/c1-3-5-7-9-11-13-15-17-19-21-22-23-24-25-26-27-28-29-30-31-32-33-34-35-36-37-39-41-43-45-47-49-51-53-55-59(65)61(67)62-57(56-63)60(66)58(64)54-52-50-48-46-44-42-40-38-20-18-16-14-12-10-8-6-4-2/h38,40,46,48,57-60,63-66H,3-37,39,41-45,47,49-56H2,1-2H3,(H,62,67)/b40-38+,48-46+. The molecular formula is C61H119NO5. The van der Waals surface area contributed by atoms with E-state index in [1.807, 2.05) is 0 Å². The summed E-state index contributed by atoms with van der Waals surface area (Å²) in [6.07, 6.45) is 68.5. The summed E-state index contributed by atoms with van der Waals surface area (Å²) in [4.78, 5) is 12.6. The molecule has 4 atom stereocenters. The lowest BCUT2D eigenvalue weighted by molar-refractivity contribution is -0.132. The van der Waals surface area contributed by atoms with Gasteiger partial charge in [-0.3, -0.25) is 4.79 Å². The topological polar surface area (TPSA) is 110 Å². The highest BCUT2D eigenvalue weighted by Crippen LogP contribution is 2.18. The first-order valence-corrected chi connectivity index (χ1v) is 30.2. The predicted molar refractivity (Wildman–Crippen MR) is 293 cm³/mol. The van der Waals surface area contributed by atoms with E-state index in [0.717, 1.165) is 38.5 Å². The molecule has 0 aromatic heterocycles. The molecule has 0 rings (SSSR count). The van der Waals surface area contributed by atoms with E-state index in [9.17, 15) is 25.2 Å². The van der Waals surface area contributed by atoms with Crippen molar-refractivity contribution < 1.29 is 25.2 Å². The van der Waals surface area contributed by atoms with Crippen molar-refractivity contribution in [3.05, 3.63) is 24.3 Å². The molecule has 0 radical (unpaired) electrons. The molecule has 67 heavy (non-hydrogen) atoms. The number of allylic oxidation sites excluding steroid dienone is 4. The third-order valence-electron chi connectivity index (χ3n) is 14.4. The van der Waals surface area contributed by atoms with Crippen molar-refractivity contribution in [2.75, 3.05) is 6.61 Å². The summed E-state index contributed by atoms with van der Waals surface area (Å²) in [5, 5.41) is 43.9. The highest BCUT2D eigenvalue weighted by atomic mass is 16.3. The van der Waals surface area contributed by atoms with Gasteiger partial charge in [-0.15, -0.1) is 0 Å². The maximum Gasteiger partial charge on any atom is 0.249 e. The summed E-state index contributed by atoms with van der Waals surface area (Å²) in [6.45, 7) is 4.07. The zero-order chi connectivity index (χ0) is 48.8. The van der Waals surface area contributed by atoms with Gasteiger partial charge >= 0.3 is 0 Å². The number of unbranched alkanes of at least 4 members (excludes halogenated alkanes) is 43. The zero-order valence-electron chi connectivity index (χ0n) is 45.2. The van der Waals surface area contributed by atoms with Crippen molar-refractivity contribution >= 4 is 5.91 Å². The normalized spacial score (nSPS) is 13.8. The van der Waals surface area contributed by atoms with Crippen LogP contribution in [0.2, 0.25) is 0 Å². The van der Waals surface area contributed by atoms with Crippen LogP contribution in [0.3, 0.4) is 0 Å². The Labute approximate surface area is 418 Å². The first-order valence-electron chi connectivity index (χ1n) is 30.2. The smallest absolute Gasteiger partial charge is 0.249 e. The Morgan fingerprint density at radius 3 is 0.940 bits per heavy atom. The van der Waals surface area contributed by atoms with Crippen LogP contribution < -0.4 is 5.32 Å². The van der Waals surface area contributed by atoms with E-state index < -0.39 is 36.9 Å². The van der Waals surface area contributed by atoms with Crippen LogP contribution in [0.5, 0.6) is 0 Å². The van der Waals surface area contributed by atoms with Gasteiger partial charge in [0.15, 0.2) is 0 Å². The number of hydrogen-bond acceptors (Lipinski definition) is 5. The number of rotatable bonds is 56. The first-order chi connectivity index (χ1) is 33.0. The third-order valence-corrected chi connectivity index (χ3v) is 14.4. The van der Waals surface area contributed by atoms with Crippen LogP contribution in [0.1, 0.15) is 328 Å². The van der Waals surface area contributed by atoms with Crippen LogP contribution in [0, 0.1) is 0 Å². The number of aliphatic hydroxyl groups is 4. The number of carbonyl (C=O) groups excluding carboxylic acids is 1. The molecule has 1 amide bonds. The van der Waals surface area contributed by atoms with Crippen molar-refractivity contribution in [3.63, 3.8) is 0 Å². The molecule has 5 N–H and O–H groups in total. The first kappa shape index (κ1) is 65.8. The van der Waals surface area contributed by atoms with Crippen molar-refractivity contribution in [1.82, 2.24) is 5.32 Å². The van der Waals surface area contributed by atoms with Gasteiger partial charge in [0.05, 0.1) is 18.8 Å². The Morgan fingerprint density at radius 2 is 0.627 bits per heavy atom. The molecule has 398 valence electrons. The molecule has 0 aromatic carbocycles. The van der Waals surface area contributed by atoms with Gasteiger partial charge in [-0.25, -0.2) is 0 Å². The monoisotopic (exact) mass is 946 g/mol. The number of nitrogens with one attached hydrogen (secondary N) is 1. The van der Waals surface area contributed by atoms with E-state index in [0.29, 0.717) is 19.3 Å². The molecule has 0 spiro atoms. The van der Waals surface area contributed by atoms with Gasteiger partial charge in [-0.1, -0.05) is 301 Å². The van der Waals surface area contributed by atoms with Crippen LogP contribution >= 0.6 is 0 Å². The molecule has 6 heteroatoms. The Balaban J connectivity index is 3.55. The molecule has 0 aliphatic carbocycles. The Morgan fingerprint density at radius 1 is 0.358 bits per heavy atom. The highest BCUT2D eigenvalue weighted by molar-refractivity contribution is 5.80. The average Bonchev–Trinajstić information content (AvgIpc) is 3.33. The van der Waals surface area contributed by atoms with Gasteiger partial charge in [-0.05, 0) is 51.4 Å². The van der Waals surface area contributed by atoms with E-state index in [2.05, 4.69) is 43.5 Å². The molecule has 0 bridgehead atoms. The van der Waals surface area contributed by atoms with Gasteiger partial charge in [-0.2, -0.15) is 0 Å². The summed E-state index contributed by atoms with van der Waals surface area (Å²) in [7, 11) is 0. The maximum absolute atomic E-state index is 12.6. The molecule has 0 saturated carbocycles. The number of aliphatic hydroxyl groups excluding tert-OH is 4. The third kappa shape index (κ3) is 49.6. The van der Waals surface area contributed by atoms with Gasteiger partial charge in [0.25, 0.3) is 0 Å². The van der Waals surface area contributed by atoms with Crippen molar-refractivity contribution in [2.45, 2.75) is 353 Å². The minimum Gasteiger partial charge on any atom is -0.394 e. The Bertz CT molecular complexity index is 1020. The minimum atomic E-state index is -1.29. The fourth-order valence-corrected chi connectivity index (χ4v) is 9.66. The summed E-state index contributed by atoms with van der Waals surface area (Å²) < 4.78 is 0. The minimum absolute atomic E-state index is 0.365. The van der Waals surface area contributed by atoms with Crippen LogP contribution in [-0.2, 0) is 4.79 Å². The fourth-order valence-electron chi connectivity index (χ4n) is 9.66. The zero-order valence-corrected chi connectivity index (χ0v) is 45.2. The SMILES string of the molecule is CCCCCCCCCC/C=C/CC/C=C/CCCC(O)C(O)C(CO)NC(=O)C(O)CCCCCCCCCCCCCCCCCCCCCCCCCCCCCCCCCCCC. The molecular weight excluding hydrogens is 827 g/mol. The summed E-state index contributed by atoms with van der Waals surface area (Å²) in [5.41, 5.74) is 0. The van der Waals surface area contributed by atoms with Gasteiger partial charge in [0.2, 0.25) is 5.91 Å². The van der Waals surface area contributed by atoms with E-state index in [4.69, 9.17) is 0 Å². The summed E-state index contributed by atoms with van der Waals surface area (Å²) in [6, 6.07) is -1.01. The molecule has 6 nitrogen and oxygen atoms in total. The van der Waals surface area contributed by atoms with Crippen LogP contribution in [0.4, 0.5) is 0 Å². The molecule has 0 aliphatic heterocycles. The van der Waals surface area contributed by atoms with Gasteiger partial charge in [0.1, 0.15) is 12.2 Å². The number of carbonyl (C=O) groups is 1. The lowest BCUT2D eigenvalue weighted by Gasteiger charge is -2.27. The predicted octanol–water partition coefficient (Wildman–Crippen LogP) is 17.8. The molecule has 0 aliphatic rings. The molecule has 0 heterocycles. The number of amides is 1. The Kier molecular flexibility index (Phi) is 54.7. The molecule has 4 unspecified atom stereocenters. The van der Waals surface area contributed by atoms with Crippen LogP contribution in [0.15, 0.2) is 24.3 Å². The van der Waals surface area contributed by atoms with Crippen molar-refractivity contribution in [2.24, 2.45) is 0 Å². The second-order valence-corrected chi connectivity index (χ2v) is 21.0. The van der Waals surface area contributed by atoms with E-state index >= 15 is 0 Å². The van der Waals surface area contributed by atoms with Crippen LogP contribution in [0.25, 0.3) is 0 Å². The molecule has 0 saturated heterocycles. The number of hydrogen-bond donors (Lipinski definition) is 5. The molecule has 0 fully saturated rings. The second kappa shape index (κ2) is 55.7. The highest BCUT2D eigenvalue weighted by Gasteiger charge is 2.28. The van der Waals surface area contributed by atoms with Crippen molar-refractivity contribution in [3.8, 4) is 0 Å². The van der Waals surface area contributed by atoms with Gasteiger partial charge < -0.3 is 25.7 Å².